The molecule has 3 atom stereocenters. The maximum absolute atomic E-state index is 12.3. The van der Waals surface area contributed by atoms with E-state index in [2.05, 4.69) is 16.0 Å². The van der Waals surface area contributed by atoms with Crippen molar-refractivity contribution >= 4 is 30.0 Å². The maximum atomic E-state index is 12.3. The molecule has 2 bridgehead atoms. The number of carbonyl (C=O) groups excluding carboxylic acids is 2. The van der Waals surface area contributed by atoms with Crippen LogP contribution < -0.4 is 21.7 Å². The summed E-state index contributed by atoms with van der Waals surface area (Å²) in [5.41, 5.74) is 6.74. The van der Waals surface area contributed by atoms with Crippen molar-refractivity contribution in [3.05, 3.63) is 29.8 Å². The second-order valence-electron chi connectivity index (χ2n) is 7.08. The third kappa shape index (κ3) is 5.34. The number of hydrogen-bond donors (Lipinski definition) is 4. The van der Waals surface area contributed by atoms with Gasteiger partial charge in [-0.15, -0.1) is 12.4 Å². The SMILES string of the molecule is CC(NC(=O)CC1CC2CCC(C1)N2)c1ccc(NC(N)=O)cc1.Cl. The smallest absolute Gasteiger partial charge is 0.316 e. The largest absolute Gasteiger partial charge is 0.351 e. The molecular formula is C18H27ClN4O2. The van der Waals surface area contributed by atoms with E-state index in [1.165, 1.54) is 12.8 Å². The highest BCUT2D eigenvalue weighted by Crippen LogP contribution is 2.32. The molecule has 0 saturated carbocycles. The molecule has 0 aliphatic carbocycles. The topological polar surface area (TPSA) is 96.2 Å². The van der Waals surface area contributed by atoms with Gasteiger partial charge in [0.1, 0.15) is 0 Å². The number of fused-ring (bicyclic) bond motifs is 2. The number of amides is 3. The number of hydrogen-bond acceptors (Lipinski definition) is 3. The number of nitrogens with one attached hydrogen (secondary N) is 3. The van der Waals surface area contributed by atoms with Gasteiger partial charge in [-0.25, -0.2) is 4.79 Å². The average Bonchev–Trinajstić information content (AvgIpc) is 2.86. The van der Waals surface area contributed by atoms with E-state index in [9.17, 15) is 9.59 Å². The molecule has 2 aliphatic heterocycles. The molecule has 7 heteroatoms. The fraction of sp³-hybridized carbons (Fsp3) is 0.556. The Labute approximate surface area is 154 Å². The fourth-order valence-corrected chi connectivity index (χ4v) is 3.99. The third-order valence-corrected chi connectivity index (χ3v) is 5.10. The molecule has 5 N–H and O–H groups in total. The lowest BCUT2D eigenvalue weighted by Crippen LogP contribution is -2.40. The highest BCUT2D eigenvalue weighted by atomic mass is 35.5. The van der Waals surface area contributed by atoms with E-state index in [4.69, 9.17) is 5.73 Å². The number of primary amides is 1. The first-order valence-corrected chi connectivity index (χ1v) is 8.71. The molecule has 2 saturated heterocycles. The Hall–Kier alpha value is -1.79. The summed E-state index contributed by atoms with van der Waals surface area (Å²) < 4.78 is 0. The Balaban J connectivity index is 0.00000225. The molecule has 25 heavy (non-hydrogen) atoms. The van der Waals surface area contributed by atoms with Crippen molar-refractivity contribution in [2.24, 2.45) is 11.7 Å². The molecule has 1 aromatic rings. The average molecular weight is 367 g/mol. The van der Waals surface area contributed by atoms with Crippen LogP contribution >= 0.6 is 12.4 Å². The van der Waals surface area contributed by atoms with Gasteiger partial charge in [-0.3, -0.25) is 4.79 Å². The van der Waals surface area contributed by atoms with Crippen molar-refractivity contribution < 1.29 is 9.59 Å². The Morgan fingerprint density at radius 1 is 1.20 bits per heavy atom. The lowest BCUT2D eigenvalue weighted by molar-refractivity contribution is -0.122. The Morgan fingerprint density at radius 3 is 2.36 bits per heavy atom. The van der Waals surface area contributed by atoms with Gasteiger partial charge in [0.15, 0.2) is 0 Å². The zero-order valence-corrected chi connectivity index (χ0v) is 15.3. The van der Waals surface area contributed by atoms with Crippen LogP contribution in [-0.2, 0) is 4.79 Å². The van der Waals surface area contributed by atoms with E-state index >= 15 is 0 Å². The normalized spacial score (nSPS) is 25.6. The predicted molar refractivity (Wildman–Crippen MR) is 101 cm³/mol. The van der Waals surface area contributed by atoms with Gasteiger partial charge in [-0.1, -0.05) is 12.1 Å². The highest BCUT2D eigenvalue weighted by Gasteiger charge is 2.34. The van der Waals surface area contributed by atoms with E-state index in [0.717, 1.165) is 18.4 Å². The molecule has 138 valence electrons. The molecule has 3 amide bonds. The minimum absolute atomic E-state index is 0. The molecule has 2 heterocycles. The van der Waals surface area contributed by atoms with Crippen LogP contribution in [-0.4, -0.2) is 24.0 Å². The highest BCUT2D eigenvalue weighted by molar-refractivity contribution is 5.87. The molecule has 0 spiro atoms. The zero-order chi connectivity index (χ0) is 17.1. The van der Waals surface area contributed by atoms with Crippen LogP contribution in [0.2, 0.25) is 0 Å². The molecule has 6 nitrogen and oxygen atoms in total. The summed E-state index contributed by atoms with van der Waals surface area (Å²) in [6.07, 6.45) is 5.35. The minimum atomic E-state index is -0.583. The second kappa shape index (κ2) is 8.54. The van der Waals surface area contributed by atoms with E-state index in [-0.39, 0.29) is 24.4 Å². The van der Waals surface area contributed by atoms with E-state index in [1.54, 1.807) is 12.1 Å². The number of carbonyl (C=O) groups is 2. The van der Waals surface area contributed by atoms with Crippen molar-refractivity contribution in [2.75, 3.05) is 5.32 Å². The van der Waals surface area contributed by atoms with E-state index < -0.39 is 6.03 Å². The van der Waals surface area contributed by atoms with Crippen LogP contribution in [0.5, 0.6) is 0 Å². The molecule has 3 unspecified atom stereocenters. The number of halogens is 1. The summed E-state index contributed by atoms with van der Waals surface area (Å²) in [5.74, 6) is 0.617. The first kappa shape index (κ1) is 19.5. The van der Waals surface area contributed by atoms with Crippen LogP contribution in [0.25, 0.3) is 0 Å². The number of rotatable bonds is 5. The van der Waals surface area contributed by atoms with Crippen LogP contribution in [0.3, 0.4) is 0 Å². The Morgan fingerprint density at radius 2 is 1.80 bits per heavy atom. The van der Waals surface area contributed by atoms with Crippen molar-refractivity contribution in [1.29, 1.82) is 0 Å². The summed E-state index contributed by atoms with van der Waals surface area (Å²) in [4.78, 5) is 23.2. The molecule has 0 radical (unpaired) electrons. The summed E-state index contributed by atoms with van der Waals surface area (Å²) in [6.45, 7) is 1.97. The van der Waals surface area contributed by atoms with Crippen molar-refractivity contribution in [2.45, 2.75) is 57.2 Å². The van der Waals surface area contributed by atoms with Gasteiger partial charge in [-0.05, 0) is 56.2 Å². The maximum Gasteiger partial charge on any atom is 0.316 e. The van der Waals surface area contributed by atoms with E-state index in [0.29, 0.717) is 30.1 Å². The molecule has 2 fully saturated rings. The van der Waals surface area contributed by atoms with Crippen LogP contribution in [0, 0.1) is 5.92 Å². The number of anilines is 1. The minimum Gasteiger partial charge on any atom is -0.351 e. The monoisotopic (exact) mass is 366 g/mol. The standard InChI is InChI=1S/C18H26N4O2.ClH/c1-11(13-2-4-14(5-3-13)22-18(19)24)20-17(23)10-12-8-15-6-7-16(9-12)21-15;/h2-5,11-12,15-16,21H,6-10H2,1H3,(H,20,23)(H3,19,22,24);1H. The summed E-state index contributed by atoms with van der Waals surface area (Å²) >= 11 is 0. The number of benzene rings is 1. The van der Waals surface area contributed by atoms with E-state index in [1.807, 2.05) is 19.1 Å². The van der Waals surface area contributed by atoms with Crippen LogP contribution in [0.4, 0.5) is 10.5 Å². The second-order valence-corrected chi connectivity index (χ2v) is 7.08. The van der Waals surface area contributed by atoms with Crippen molar-refractivity contribution in [3.8, 4) is 0 Å². The van der Waals surface area contributed by atoms with Gasteiger partial charge < -0.3 is 21.7 Å². The molecule has 2 aliphatic rings. The first-order chi connectivity index (χ1) is 11.5. The van der Waals surface area contributed by atoms with Crippen LogP contribution in [0.15, 0.2) is 24.3 Å². The lowest BCUT2D eigenvalue weighted by atomic mass is 9.89. The fourth-order valence-electron chi connectivity index (χ4n) is 3.99. The van der Waals surface area contributed by atoms with Gasteiger partial charge >= 0.3 is 6.03 Å². The van der Waals surface area contributed by atoms with Crippen molar-refractivity contribution in [3.63, 3.8) is 0 Å². The van der Waals surface area contributed by atoms with Crippen molar-refractivity contribution in [1.82, 2.24) is 10.6 Å². The summed E-state index contributed by atoms with van der Waals surface area (Å²) in [6, 6.07) is 7.94. The zero-order valence-electron chi connectivity index (χ0n) is 14.5. The molecular weight excluding hydrogens is 340 g/mol. The van der Waals surface area contributed by atoms with Gasteiger partial charge in [0.25, 0.3) is 0 Å². The molecule has 1 aromatic carbocycles. The number of nitrogens with two attached hydrogens (primary N) is 1. The number of piperidine rings is 1. The van der Waals surface area contributed by atoms with Crippen LogP contribution in [0.1, 0.15) is 50.6 Å². The van der Waals surface area contributed by atoms with Gasteiger partial charge in [0.2, 0.25) is 5.91 Å². The Bertz CT molecular complexity index is 596. The van der Waals surface area contributed by atoms with Gasteiger partial charge in [-0.2, -0.15) is 0 Å². The Kier molecular flexibility index (Phi) is 6.67. The van der Waals surface area contributed by atoms with Gasteiger partial charge in [0, 0.05) is 24.2 Å². The predicted octanol–water partition coefficient (Wildman–Crippen LogP) is 2.70. The molecule has 3 rings (SSSR count). The molecule has 0 aromatic heterocycles. The third-order valence-electron chi connectivity index (χ3n) is 5.10. The first-order valence-electron chi connectivity index (χ1n) is 8.71. The van der Waals surface area contributed by atoms with Gasteiger partial charge in [0.05, 0.1) is 6.04 Å². The quantitative estimate of drug-likeness (QED) is 0.645. The summed E-state index contributed by atoms with van der Waals surface area (Å²) in [7, 11) is 0. The lowest BCUT2D eigenvalue weighted by Gasteiger charge is -2.29. The number of urea groups is 1. The summed E-state index contributed by atoms with van der Waals surface area (Å²) in [5, 5.41) is 9.22.